The molecule has 3 nitrogen and oxygen atoms in total. The van der Waals surface area contributed by atoms with Crippen molar-refractivity contribution in [2.75, 3.05) is 0 Å². The van der Waals surface area contributed by atoms with E-state index in [-0.39, 0.29) is 17.6 Å². The van der Waals surface area contributed by atoms with E-state index in [2.05, 4.69) is 27.7 Å². The molecule has 0 fully saturated rings. The average Bonchev–Trinajstić information content (AvgIpc) is 2.39. The third-order valence-electron chi connectivity index (χ3n) is 3.80. The molecule has 0 bridgehead atoms. The highest BCUT2D eigenvalue weighted by atomic mass is 16.6. The SMILES string of the molecule is CCCC(CCC)(OC(=O)c1ccc(O)cc1)C(C)C. The third kappa shape index (κ3) is 3.99. The molecule has 0 heterocycles. The van der Waals surface area contributed by atoms with Gasteiger partial charge in [0.25, 0.3) is 0 Å². The highest BCUT2D eigenvalue weighted by Crippen LogP contribution is 2.33. The van der Waals surface area contributed by atoms with Gasteiger partial charge >= 0.3 is 5.97 Å². The van der Waals surface area contributed by atoms with Crippen LogP contribution in [0.2, 0.25) is 0 Å². The summed E-state index contributed by atoms with van der Waals surface area (Å²) in [6, 6.07) is 6.21. The second-order valence-electron chi connectivity index (χ2n) is 5.66. The van der Waals surface area contributed by atoms with Gasteiger partial charge in [0.15, 0.2) is 0 Å². The molecule has 20 heavy (non-hydrogen) atoms. The summed E-state index contributed by atoms with van der Waals surface area (Å²) in [5.74, 6) is 0.128. The van der Waals surface area contributed by atoms with E-state index in [4.69, 9.17) is 4.74 Å². The summed E-state index contributed by atoms with van der Waals surface area (Å²) in [4.78, 5) is 12.3. The maximum absolute atomic E-state index is 12.3. The van der Waals surface area contributed by atoms with Gasteiger partial charge in [0.05, 0.1) is 5.56 Å². The van der Waals surface area contributed by atoms with E-state index >= 15 is 0 Å². The fourth-order valence-electron chi connectivity index (χ4n) is 2.61. The zero-order valence-corrected chi connectivity index (χ0v) is 13.0. The number of carbonyl (C=O) groups is 1. The summed E-state index contributed by atoms with van der Waals surface area (Å²) in [6.07, 6.45) is 3.73. The Morgan fingerprint density at radius 2 is 1.65 bits per heavy atom. The second-order valence-corrected chi connectivity index (χ2v) is 5.66. The largest absolute Gasteiger partial charge is 0.508 e. The van der Waals surface area contributed by atoms with E-state index < -0.39 is 5.60 Å². The van der Waals surface area contributed by atoms with Gasteiger partial charge in [-0.2, -0.15) is 0 Å². The zero-order valence-electron chi connectivity index (χ0n) is 13.0. The molecular formula is C17H26O3. The van der Waals surface area contributed by atoms with Gasteiger partial charge in [-0.15, -0.1) is 0 Å². The average molecular weight is 278 g/mol. The maximum atomic E-state index is 12.3. The summed E-state index contributed by atoms with van der Waals surface area (Å²) < 4.78 is 5.89. The van der Waals surface area contributed by atoms with Gasteiger partial charge < -0.3 is 9.84 Å². The van der Waals surface area contributed by atoms with Crippen LogP contribution in [0.1, 0.15) is 63.7 Å². The molecule has 0 saturated heterocycles. The molecule has 0 aliphatic rings. The standard InChI is InChI=1S/C17H26O3/c1-5-11-17(12-6-2,13(3)4)20-16(19)14-7-9-15(18)10-8-14/h7-10,13,18H,5-6,11-12H2,1-4H3. The monoisotopic (exact) mass is 278 g/mol. The molecule has 0 radical (unpaired) electrons. The Hall–Kier alpha value is -1.51. The van der Waals surface area contributed by atoms with Gasteiger partial charge in [0.2, 0.25) is 0 Å². The molecule has 1 aromatic rings. The minimum absolute atomic E-state index is 0.152. The number of phenolic OH excluding ortho intramolecular Hbond substituents is 1. The Morgan fingerprint density at radius 1 is 1.15 bits per heavy atom. The Labute approximate surface area is 122 Å². The van der Waals surface area contributed by atoms with Crippen molar-refractivity contribution in [3.8, 4) is 5.75 Å². The molecule has 0 saturated carbocycles. The predicted octanol–water partition coefficient (Wildman–Crippen LogP) is 4.54. The van der Waals surface area contributed by atoms with Crippen LogP contribution < -0.4 is 0 Å². The van der Waals surface area contributed by atoms with Crippen molar-refractivity contribution in [3.05, 3.63) is 29.8 Å². The number of hydrogen-bond donors (Lipinski definition) is 1. The first kappa shape index (κ1) is 16.5. The van der Waals surface area contributed by atoms with Crippen molar-refractivity contribution < 1.29 is 14.6 Å². The van der Waals surface area contributed by atoms with Crippen molar-refractivity contribution in [1.82, 2.24) is 0 Å². The van der Waals surface area contributed by atoms with Crippen LogP contribution in [0, 0.1) is 5.92 Å². The summed E-state index contributed by atoms with van der Waals surface area (Å²) >= 11 is 0. The van der Waals surface area contributed by atoms with Gasteiger partial charge in [-0.05, 0) is 43.0 Å². The van der Waals surface area contributed by atoms with E-state index in [1.54, 1.807) is 12.1 Å². The van der Waals surface area contributed by atoms with E-state index in [1.165, 1.54) is 12.1 Å². The lowest BCUT2D eigenvalue weighted by Gasteiger charge is -2.37. The van der Waals surface area contributed by atoms with Crippen LogP contribution in [-0.2, 0) is 4.74 Å². The van der Waals surface area contributed by atoms with Crippen LogP contribution in [0.25, 0.3) is 0 Å². The van der Waals surface area contributed by atoms with E-state index in [1.807, 2.05) is 0 Å². The molecule has 3 heteroatoms. The lowest BCUT2D eigenvalue weighted by atomic mass is 9.82. The van der Waals surface area contributed by atoms with E-state index in [0.29, 0.717) is 5.56 Å². The first-order chi connectivity index (χ1) is 9.45. The minimum atomic E-state index is -0.390. The molecule has 0 aliphatic heterocycles. The first-order valence-corrected chi connectivity index (χ1v) is 7.47. The van der Waals surface area contributed by atoms with Crippen molar-refractivity contribution in [2.24, 2.45) is 5.92 Å². The smallest absolute Gasteiger partial charge is 0.338 e. The van der Waals surface area contributed by atoms with Crippen molar-refractivity contribution in [3.63, 3.8) is 0 Å². The van der Waals surface area contributed by atoms with Crippen LogP contribution in [0.15, 0.2) is 24.3 Å². The Morgan fingerprint density at radius 3 is 2.05 bits per heavy atom. The second kappa shape index (κ2) is 7.32. The molecule has 0 aromatic heterocycles. The lowest BCUT2D eigenvalue weighted by Crippen LogP contribution is -2.40. The van der Waals surface area contributed by atoms with Crippen LogP contribution >= 0.6 is 0 Å². The molecule has 1 rings (SSSR count). The zero-order chi connectivity index (χ0) is 15.2. The summed E-state index contributed by atoms with van der Waals surface area (Å²) in [5.41, 5.74) is 0.0957. The highest BCUT2D eigenvalue weighted by molar-refractivity contribution is 5.89. The van der Waals surface area contributed by atoms with Gasteiger partial charge in [0.1, 0.15) is 11.4 Å². The van der Waals surface area contributed by atoms with Gasteiger partial charge in [-0.3, -0.25) is 0 Å². The Kier molecular flexibility index (Phi) is 6.05. The first-order valence-electron chi connectivity index (χ1n) is 7.47. The Bertz CT molecular complexity index is 414. The number of phenols is 1. The van der Waals surface area contributed by atoms with Crippen LogP contribution in [-0.4, -0.2) is 16.7 Å². The normalized spacial score (nSPS) is 11.7. The van der Waals surface area contributed by atoms with Crippen LogP contribution in [0.3, 0.4) is 0 Å². The van der Waals surface area contributed by atoms with Crippen molar-refractivity contribution in [1.29, 1.82) is 0 Å². The maximum Gasteiger partial charge on any atom is 0.338 e. The lowest BCUT2D eigenvalue weighted by molar-refractivity contribution is -0.0546. The number of ether oxygens (including phenoxy) is 1. The number of aromatic hydroxyl groups is 1. The number of benzene rings is 1. The number of hydrogen-bond acceptors (Lipinski definition) is 3. The molecule has 0 aliphatic carbocycles. The molecule has 0 atom stereocenters. The number of rotatable bonds is 7. The quantitative estimate of drug-likeness (QED) is 0.745. The molecule has 1 N–H and O–H groups in total. The van der Waals surface area contributed by atoms with Crippen LogP contribution in [0.4, 0.5) is 0 Å². The van der Waals surface area contributed by atoms with E-state index in [0.717, 1.165) is 25.7 Å². The summed E-state index contributed by atoms with van der Waals surface area (Å²) in [5, 5.41) is 9.28. The van der Waals surface area contributed by atoms with Crippen LogP contribution in [0.5, 0.6) is 5.75 Å². The summed E-state index contributed by atoms with van der Waals surface area (Å²) in [6.45, 7) is 8.44. The van der Waals surface area contributed by atoms with Gasteiger partial charge in [-0.1, -0.05) is 40.5 Å². The molecule has 0 spiro atoms. The van der Waals surface area contributed by atoms with Gasteiger partial charge in [0, 0.05) is 0 Å². The fraction of sp³-hybridized carbons (Fsp3) is 0.588. The topological polar surface area (TPSA) is 46.5 Å². The van der Waals surface area contributed by atoms with Crippen molar-refractivity contribution in [2.45, 2.75) is 59.0 Å². The van der Waals surface area contributed by atoms with Gasteiger partial charge in [-0.25, -0.2) is 4.79 Å². The molecular weight excluding hydrogens is 252 g/mol. The minimum Gasteiger partial charge on any atom is -0.508 e. The number of esters is 1. The molecule has 112 valence electrons. The molecule has 0 unspecified atom stereocenters. The predicted molar refractivity (Wildman–Crippen MR) is 80.9 cm³/mol. The number of carbonyl (C=O) groups excluding carboxylic acids is 1. The molecule has 0 amide bonds. The molecule has 1 aromatic carbocycles. The third-order valence-corrected chi connectivity index (χ3v) is 3.80. The van der Waals surface area contributed by atoms with E-state index in [9.17, 15) is 9.90 Å². The summed E-state index contributed by atoms with van der Waals surface area (Å²) in [7, 11) is 0. The van der Waals surface area contributed by atoms with Crippen molar-refractivity contribution >= 4 is 5.97 Å². The highest BCUT2D eigenvalue weighted by Gasteiger charge is 2.36. The Balaban J connectivity index is 2.93. The fourth-order valence-corrected chi connectivity index (χ4v) is 2.61.